The van der Waals surface area contributed by atoms with Gasteiger partial charge in [-0.05, 0) is 54.8 Å². The van der Waals surface area contributed by atoms with Crippen LogP contribution >= 0.6 is 0 Å². The lowest BCUT2D eigenvalue weighted by molar-refractivity contribution is -0.386. The van der Waals surface area contributed by atoms with Gasteiger partial charge in [0.15, 0.2) is 0 Å². The van der Waals surface area contributed by atoms with Crippen molar-refractivity contribution in [3.63, 3.8) is 0 Å². The zero-order valence-corrected chi connectivity index (χ0v) is 18.2. The first kappa shape index (κ1) is 21.2. The SMILES string of the molecule is Cc1nn(Cc2ccc(C(=O)NC(C)c3cccc4ccccc34)cc2)c(C)c1[N+](=O)[O-]. The van der Waals surface area contributed by atoms with Crippen molar-refractivity contribution in [1.29, 1.82) is 0 Å². The molecule has 32 heavy (non-hydrogen) atoms. The quantitative estimate of drug-likeness (QED) is 0.342. The molecule has 0 aliphatic heterocycles. The Labute approximate surface area is 185 Å². The summed E-state index contributed by atoms with van der Waals surface area (Å²) in [6, 6.07) is 21.3. The van der Waals surface area contributed by atoms with Gasteiger partial charge in [-0.2, -0.15) is 5.10 Å². The first-order valence-corrected chi connectivity index (χ1v) is 10.4. The molecule has 7 nitrogen and oxygen atoms in total. The van der Waals surface area contributed by atoms with E-state index in [1.54, 1.807) is 30.7 Å². The number of hydrogen-bond donors (Lipinski definition) is 1. The van der Waals surface area contributed by atoms with Crippen molar-refractivity contribution in [2.24, 2.45) is 0 Å². The lowest BCUT2D eigenvalue weighted by atomic mass is 9.99. The Morgan fingerprint density at radius 2 is 1.75 bits per heavy atom. The Hall–Kier alpha value is -4.00. The third-order valence-electron chi connectivity index (χ3n) is 5.71. The Balaban J connectivity index is 1.48. The molecule has 0 radical (unpaired) electrons. The molecule has 0 saturated heterocycles. The lowest BCUT2D eigenvalue weighted by Gasteiger charge is -2.17. The van der Waals surface area contributed by atoms with Crippen molar-refractivity contribution in [2.45, 2.75) is 33.4 Å². The topological polar surface area (TPSA) is 90.1 Å². The van der Waals surface area contributed by atoms with Crippen molar-refractivity contribution in [3.05, 3.63) is 105 Å². The molecule has 1 amide bonds. The third-order valence-corrected chi connectivity index (χ3v) is 5.71. The summed E-state index contributed by atoms with van der Waals surface area (Å²) in [5.41, 5.74) is 3.48. The molecule has 162 valence electrons. The fourth-order valence-corrected chi connectivity index (χ4v) is 4.03. The highest BCUT2D eigenvalue weighted by molar-refractivity contribution is 5.95. The predicted molar refractivity (Wildman–Crippen MR) is 124 cm³/mol. The summed E-state index contributed by atoms with van der Waals surface area (Å²) in [7, 11) is 0. The Morgan fingerprint density at radius 1 is 1.06 bits per heavy atom. The third kappa shape index (κ3) is 4.09. The van der Waals surface area contributed by atoms with E-state index in [4.69, 9.17) is 0 Å². The maximum atomic E-state index is 12.8. The van der Waals surface area contributed by atoms with Gasteiger partial charge in [0.25, 0.3) is 5.91 Å². The van der Waals surface area contributed by atoms with Gasteiger partial charge in [0.1, 0.15) is 11.4 Å². The number of rotatable bonds is 6. The highest BCUT2D eigenvalue weighted by Crippen LogP contribution is 2.25. The Morgan fingerprint density at radius 3 is 2.44 bits per heavy atom. The van der Waals surface area contributed by atoms with Gasteiger partial charge in [-0.3, -0.25) is 19.6 Å². The summed E-state index contributed by atoms with van der Waals surface area (Å²) in [4.78, 5) is 23.6. The maximum absolute atomic E-state index is 12.8. The van der Waals surface area contributed by atoms with E-state index in [0.29, 0.717) is 23.5 Å². The fraction of sp³-hybridized carbons (Fsp3) is 0.200. The number of carbonyl (C=O) groups is 1. The van der Waals surface area contributed by atoms with Crippen LogP contribution in [0.3, 0.4) is 0 Å². The largest absolute Gasteiger partial charge is 0.345 e. The van der Waals surface area contributed by atoms with Crippen molar-refractivity contribution >= 4 is 22.4 Å². The van der Waals surface area contributed by atoms with Crippen molar-refractivity contribution in [1.82, 2.24) is 15.1 Å². The van der Waals surface area contributed by atoms with E-state index in [-0.39, 0.29) is 17.6 Å². The second-order valence-electron chi connectivity index (χ2n) is 7.89. The van der Waals surface area contributed by atoms with Crippen LogP contribution in [0.5, 0.6) is 0 Å². The fourth-order valence-electron chi connectivity index (χ4n) is 4.03. The number of nitro groups is 1. The van der Waals surface area contributed by atoms with E-state index in [1.165, 1.54) is 0 Å². The number of hydrogen-bond acceptors (Lipinski definition) is 4. The van der Waals surface area contributed by atoms with E-state index >= 15 is 0 Å². The second kappa shape index (κ2) is 8.63. The molecule has 1 N–H and O–H groups in total. The highest BCUT2D eigenvalue weighted by Gasteiger charge is 2.21. The van der Waals surface area contributed by atoms with Crippen molar-refractivity contribution in [2.75, 3.05) is 0 Å². The smallest absolute Gasteiger partial charge is 0.312 e. The monoisotopic (exact) mass is 428 g/mol. The van der Waals surface area contributed by atoms with Gasteiger partial charge in [-0.25, -0.2) is 0 Å². The molecule has 3 aromatic carbocycles. The number of fused-ring (bicyclic) bond motifs is 1. The van der Waals surface area contributed by atoms with E-state index in [2.05, 4.69) is 28.6 Å². The van der Waals surface area contributed by atoms with Crippen LogP contribution in [0.4, 0.5) is 5.69 Å². The summed E-state index contributed by atoms with van der Waals surface area (Å²) in [5.74, 6) is -0.154. The minimum absolute atomic E-state index is 0.0448. The van der Waals surface area contributed by atoms with Gasteiger partial charge >= 0.3 is 5.69 Å². The molecule has 1 atom stereocenters. The first-order valence-electron chi connectivity index (χ1n) is 10.4. The van der Waals surface area contributed by atoms with Crippen LogP contribution in [0, 0.1) is 24.0 Å². The summed E-state index contributed by atoms with van der Waals surface area (Å²) in [6.45, 7) is 5.69. The van der Waals surface area contributed by atoms with E-state index < -0.39 is 4.92 Å². The molecule has 0 aliphatic rings. The van der Waals surface area contributed by atoms with Crippen molar-refractivity contribution < 1.29 is 9.72 Å². The molecule has 1 heterocycles. The predicted octanol–water partition coefficient (Wildman–Crippen LogP) is 5.10. The summed E-state index contributed by atoms with van der Waals surface area (Å²) < 4.78 is 1.62. The van der Waals surface area contributed by atoms with Crippen LogP contribution in [0.25, 0.3) is 10.8 Å². The molecule has 4 aromatic rings. The van der Waals surface area contributed by atoms with Gasteiger partial charge in [0.05, 0.1) is 17.5 Å². The summed E-state index contributed by atoms with van der Waals surface area (Å²) >= 11 is 0. The minimum Gasteiger partial charge on any atom is -0.345 e. The molecule has 1 aromatic heterocycles. The van der Waals surface area contributed by atoms with Crippen LogP contribution in [0.2, 0.25) is 0 Å². The molecule has 4 rings (SSSR count). The zero-order valence-electron chi connectivity index (χ0n) is 18.2. The number of nitrogens with one attached hydrogen (secondary N) is 1. The van der Waals surface area contributed by atoms with Gasteiger partial charge in [0.2, 0.25) is 0 Å². The molecule has 0 aliphatic carbocycles. The molecule has 0 saturated carbocycles. The number of carbonyl (C=O) groups excluding carboxylic acids is 1. The number of aromatic nitrogens is 2. The average molecular weight is 428 g/mol. The normalized spacial score (nSPS) is 12.0. The van der Waals surface area contributed by atoms with Crippen LogP contribution in [-0.4, -0.2) is 20.6 Å². The van der Waals surface area contributed by atoms with E-state index in [9.17, 15) is 14.9 Å². The highest BCUT2D eigenvalue weighted by atomic mass is 16.6. The Bertz CT molecular complexity index is 1300. The maximum Gasteiger partial charge on any atom is 0.312 e. The van der Waals surface area contributed by atoms with E-state index in [1.807, 2.05) is 43.3 Å². The summed E-state index contributed by atoms with van der Waals surface area (Å²) in [5, 5.41) is 20.8. The number of nitrogens with zero attached hydrogens (tertiary/aromatic N) is 3. The Kier molecular flexibility index (Phi) is 5.73. The second-order valence-corrected chi connectivity index (χ2v) is 7.89. The average Bonchev–Trinajstić information content (AvgIpc) is 3.06. The van der Waals surface area contributed by atoms with E-state index in [0.717, 1.165) is 21.9 Å². The van der Waals surface area contributed by atoms with Crippen molar-refractivity contribution in [3.8, 4) is 0 Å². The summed E-state index contributed by atoms with van der Waals surface area (Å²) in [6.07, 6.45) is 0. The molecular weight excluding hydrogens is 404 g/mol. The molecule has 0 bridgehead atoms. The van der Waals surface area contributed by atoms with Gasteiger partial charge in [0, 0.05) is 5.56 Å². The van der Waals surface area contributed by atoms with Crippen LogP contribution in [0.15, 0.2) is 66.7 Å². The van der Waals surface area contributed by atoms with Gasteiger partial charge in [-0.15, -0.1) is 0 Å². The number of aryl methyl sites for hydroxylation is 1. The molecule has 7 heteroatoms. The van der Waals surface area contributed by atoms with Gasteiger partial charge < -0.3 is 5.32 Å². The number of benzene rings is 3. The standard InChI is InChI=1S/C25H24N4O3/c1-16(22-10-6-8-20-7-4-5-9-23(20)22)26-25(30)21-13-11-19(12-14-21)15-28-18(3)24(29(31)32)17(2)27-28/h4-14,16H,15H2,1-3H3,(H,26,30). The molecular formula is C25H24N4O3. The molecule has 0 fully saturated rings. The van der Waals surface area contributed by atoms with Gasteiger partial charge in [-0.1, -0.05) is 54.6 Å². The first-order chi connectivity index (χ1) is 15.3. The zero-order chi connectivity index (χ0) is 22.8. The van der Waals surface area contributed by atoms with Crippen LogP contribution < -0.4 is 5.32 Å². The van der Waals surface area contributed by atoms with Crippen LogP contribution in [0.1, 0.15) is 45.8 Å². The molecule has 1 unspecified atom stereocenters. The van der Waals surface area contributed by atoms with Crippen LogP contribution in [-0.2, 0) is 6.54 Å². The number of amides is 1. The minimum atomic E-state index is -0.404. The molecule has 0 spiro atoms. The lowest BCUT2D eigenvalue weighted by Crippen LogP contribution is -2.26.